The van der Waals surface area contributed by atoms with E-state index in [9.17, 15) is 4.79 Å². The molecule has 2 aromatic rings. The molecule has 5 nitrogen and oxygen atoms in total. The van der Waals surface area contributed by atoms with Gasteiger partial charge in [-0.25, -0.2) is 4.98 Å². The summed E-state index contributed by atoms with van der Waals surface area (Å²) < 4.78 is 5.34. The van der Waals surface area contributed by atoms with Gasteiger partial charge in [0.1, 0.15) is 11.6 Å². The molecule has 3 rings (SSSR count). The maximum absolute atomic E-state index is 12.3. The summed E-state index contributed by atoms with van der Waals surface area (Å²) >= 11 is 0. The van der Waals surface area contributed by atoms with Crippen LogP contribution in [0.2, 0.25) is 0 Å². The van der Waals surface area contributed by atoms with Gasteiger partial charge in [-0.15, -0.1) is 0 Å². The maximum Gasteiger partial charge on any atom is 0.220 e. The number of amides is 1. The number of carbonyl (C=O) groups excluding carboxylic acids is 1. The Balaban J connectivity index is 1.55. The van der Waals surface area contributed by atoms with Crippen LogP contribution in [-0.2, 0) is 17.8 Å². The number of hydrogen-bond acceptors (Lipinski definition) is 4. The van der Waals surface area contributed by atoms with Crippen LogP contribution < -0.4 is 15.0 Å². The molecule has 26 heavy (non-hydrogen) atoms. The fourth-order valence-corrected chi connectivity index (χ4v) is 3.40. The number of anilines is 1. The van der Waals surface area contributed by atoms with Crippen LogP contribution in [0.5, 0.6) is 5.75 Å². The van der Waals surface area contributed by atoms with Gasteiger partial charge in [-0.05, 0) is 43.4 Å². The molecule has 1 amide bonds. The number of piperidine rings is 1. The Morgan fingerprint density at radius 1 is 1.12 bits per heavy atom. The van der Waals surface area contributed by atoms with E-state index in [4.69, 9.17) is 4.74 Å². The quantitative estimate of drug-likeness (QED) is 0.830. The second kappa shape index (κ2) is 9.22. The molecule has 2 heterocycles. The summed E-state index contributed by atoms with van der Waals surface area (Å²) in [6, 6.07) is 11.8. The van der Waals surface area contributed by atoms with Gasteiger partial charge < -0.3 is 15.0 Å². The maximum atomic E-state index is 12.3. The average Bonchev–Trinajstić information content (AvgIpc) is 2.71. The van der Waals surface area contributed by atoms with Gasteiger partial charge in [0.15, 0.2) is 0 Å². The molecule has 5 heteroatoms. The first-order valence-electron chi connectivity index (χ1n) is 9.35. The molecule has 1 aromatic carbocycles. The lowest BCUT2D eigenvalue weighted by Gasteiger charge is -2.29. The van der Waals surface area contributed by atoms with Crippen molar-refractivity contribution in [3.63, 3.8) is 0 Å². The number of aryl methyl sites for hydroxylation is 1. The van der Waals surface area contributed by atoms with E-state index in [2.05, 4.69) is 21.3 Å². The Bertz CT molecular complexity index is 727. The Morgan fingerprint density at radius 2 is 1.88 bits per heavy atom. The summed E-state index contributed by atoms with van der Waals surface area (Å²) in [5, 5.41) is 3.04. The topological polar surface area (TPSA) is 54.5 Å². The summed E-state index contributed by atoms with van der Waals surface area (Å²) in [4.78, 5) is 19.2. The van der Waals surface area contributed by atoms with Crippen molar-refractivity contribution in [2.24, 2.45) is 0 Å². The smallest absolute Gasteiger partial charge is 0.220 e. The fraction of sp³-hybridized carbons (Fsp3) is 0.429. The predicted octanol–water partition coefficient (Wildman–Crippen LogP) is 3.33. The lowest BCUT2D eigenvalue weighted by molar-refractivity contribution is -0.121. The molecule has 0 saturated carbocycles. The highest BCUT2D eigenvalue weighted by molar-refractivity contribution is 5.76. The van der Waals surface area contributed by atoms with Crippen LogP contribution in [-0.4, -0.2) is 31.1 Å². The van der Waals surface area contributed by atoms with Crippen LogP contribution in [0, 0.1) is 0 Å². The van der Waals surface area contributed by atoms with Crippen LogP contribution in [0.1, 0.15) is 36.8 Å². The van der Waals surface area contributed by atoms with Crippen LogP contribution in [0.4, 0.5) is 5.82 Å². The number of rotatable bonds is 7. The average molecular weight is 353 g/mol. The van der Waals surface area contributed by atoms with E-state index in [1.807, 2.05) is 36.5 Å². The molecule has 138 valence electrons. The number of pyridine rings is 1. The van der Waals surface area contributed by atoms with Crippen molar-refractivity contribution in [3.05, 3.63) is 53.7 Å². The highest BCUT2D eigenvalue weighted by Crippen LogP contribution is 2.22. The number of benzene rings is 1. The van der Waals surface area contributed by atoms with E-state index in [1.165, 1.54) is 19.3 Å². The van der Waals surface area contributed by atoms with Gasteiger partial charge in [0.05, 0.1) is 7.11 Å². The number of hydrogen-bond donors (Lipinski definition) is 1. The van der Waals surface area contributed by atoms with Crippen molar-refractivity contribution < 1.29 is 9.53 Å². The standard InChI is InChI=1S/C21H27N3O2/c1-26-19-10-4-3-8-17(19)11-12-20(25)23-16-18-9-7-13-22-21(18)24-14-5-2-6-15-24/h3-4,7-10,13H,2,5-6,11-12,14-16H2,1H3,(H,23,25). The van der Waals surface area contributed by atoms with E-state index in [0.29, 0.717) is 19.4 Å². The number of nitrogens with one attached hydrogen (secondary N) is 1. The molecule has 0 atom stereocenters. The van der Waals surface area contributed by atoms with Crippen molar-refractivity contribution in [2.45, 2.75) is 38.6 Å². The van der Waals surface area contributed by atoms with E-state index in [0.717, 1.165) is 35.8 Å². The zero-order chi connectivity index (χ0) is 18.2. The molecule has 1 aliphatic rings. The van der Waals surface area contributed by atoms with Gasteiger partial charge in [0.25, 0.3) is 0 Å². The largest absolute Gasteiger partial charge is 0.496 e. The van der Waals surface area contributed by atoms with Gasteiger partial charge in [0.2, 0.25) is 5.91 Å². The van der Waals surface area contributed by atoms with Crippen molar-refractivity contribution in [1.29, 1.82) is 0 Å². The number of ether oxygens (including phenoxy) is 1. The lowest BCUT2D eigenvalue weighted by Crippen LogP contribution is -2.32. The van der Waals surface area contributed by atoms with E-state index >= 15 is 0 Å². The summed E-state index contributed by atoms with van der Waals surface area (Å²) in [6.45, 7) is 2.61. The Kier molecular flexibility index (Phi) is 6.47. The van der Waals surface area contributed by atoms with Gasteiger partial charge in [-0.2, -0.15) is 0 Å². The molecule has 1 fully saturated rings. The molecule has 0 unspecified atom stereocenters. The van der Waals surface area contributed by atoms with Crippen molar-refractivity contribution in [2.75, 3.05) is 25.1 Å². The number of methoxy groups -OCH3 is 1. The van der Waals surface area contributed by atoms with Crippen molar-refractivity contribution in [1.82, 2.24) is 10.3 Å². The molecule has 0 bridgehead atoms. The third kappa shape index (κ3) is 4.75. The number of carbonyl (C=O) groups is 1. The van der Waals surface area contributed by atoms with Crippen molar-refractivity contribution >= 4 is 11.7 Å². The van der Waals surface area contributed by atoms with Crippen LogP contribution in [0.25, 0.3) is 0 Å². The molecule has 1 N–H and O–H groups in total. The van der Waals surface area contributed by atoms with Crippen molar-refractivity contribution in [3.8, 4) is 5.75 Å². The molecule has 0 aliphatic carbocycles. The summed E-state index contributed by atoms with van der Waals surface area (Å²) in [6.07, 6.45) is 6.65. The fourth-order valence-electron chi connectivity index (χ4n) is 3.40. The van der Waals surface area contributed by atoms with Gasteiger partial charge >= 0.3 is 0 Å². The minimum atomic E-state index is 0.0457. The van der Waals surface area contributed by atoms with E-state index in [1.54, 1.807) is 7.11 Å². The Labute approximate surface area is 155 Å². The first kappa shape index (κ1) is 18.2. The number of para-hydroxylation sites is 1. The molecule has 1 aromatic heterocycles. The van der Waals surface area contributed by atoms with Gasteiger partial charge in [-0.1, -0.05) is 24.3 Å². The summed E-state index contributed by atoms with van der Waals surface area (Å²) in [7, 11) is 1.66. The van der Waals surface area contributed by atoms with Crippen LogP contribution in [0.15, 0.2) is 42.6 Å². The minimum Gasteiger partial charge on any atom is -0.496 e. The summed E-state index contributed by atoms with van der Waals surface area (Å²) in [5.41, 5.74) is 2.14. The number of aromatic nitrogens is 1. The molecular formula is C21H27N3O2. The van der Waals surface area contributed by atoms with E-state index in [-0.39, 0.29) is 5.91 Å². The molecule has 1 aliphatic heterocycles. The van der Waals surface area contributed by atoms with Crippen LogP contribution in [0.3, 0.4) is 0 Å². The zero-order valence-corrected chi connectivity index (χ0v) is 15.4. The van der Waals surface area contributed by atoms with Gasteiger partial charge in [-0.3, -0.25) is 4.79 Å². The Morgan fingerprint density at radius 3 is 2.69 bits per heavy atom. The van der Waals surface area contributed by atoms with Crippen LogP contribution >= 0.6 is 0 Å². The van der Waals surface area contributed by atoms with E-state index < -0.39 is 0 Å². The SMILES string of the molecule is COc1ccccc1CCC(=O)NCc1cccnc1N1CCCCC1. The van der Waals surface area contributed by atoms with Gasteiger partial charge in [0, 0.05) is 37.8 Å². The first-order chi connectivity index (χ1) is 12.8. The highest BCUT2D eigenvalue weighted by atomic mass is 16.5. The monoisotopic (exact) mass is 353 g/mol. The third-order valence-electron chi connectivity index (χ3n) is 4.81. The first-order valence-corrected chi connectivity index (χ1v) is 9.35. The molecule has 0 spiro atoms. The lowest BCUT2D eigenvalue weighted by atomic mass is 10.1. The Hall–Kier alpha value is -2.56. The normalized spacial score (nSPS) is 14.1. The zero-order valence-electron chi connectivity index (χ0n) is 15.4. The highest BCUT2D eigenvalue weighted by Gasteiger charge is 2.16. The second-order valence-corrected chi connectivity index (χ2v) is 6.62. The predicted molar refractivity (Wildman–Crippen MR) is 103 cm³/mol. The minimum absolute atomic E-state index is 0.0457. The molecule has 0 radical (unpaired) electrons. The molecular weight excluding hydrogens is 326 g/mol. The number of nitrogens with zero attached hydrogens (tertiary/aromatic N) is 2. The third-order valence-corrected chi connectivity index (χ3v) is 4.81. The summed E-state index contributed by atoms with van der Waals surface area (Å²) in [5.74, 6) is 1.89. The second-order valence-electron chi connectivity index (χ2n) is 6.62. The molecule has 1 saturated heterocycles.